The molecule has 0 radical (unpaired) electrons. The summed E-state index contributed by atoms with van der Waals surface area (Å²) in [5.74, 6) is 0. The SMILES string of the molecule is Cc1ccc(C2=C(S(C)(=O)=O)CC(Cl)(SC(F)(F)F)C=N2)cn1. The van der Waals surface area contributed by atoms with Gasteiger partial charge in [0.05, 0.1) is 10.6 Å². The molecule has 0 fully saturated rings. The minimum Gasteiger partial charge on any atom is -0.261 e. The lowest BCUT2D eigenvalue weighted by Gasteiger charge is -2.28. The molecule has 0 bridgehead atoms. The molecule has 2 rings (SSSR count). The molecule has 1 atom stereocenters. The number of alkyl halides is 4. The fraction of sp³-hybridized carbons (Fsp3) is 0.385. The second kappa shape index (κ2) is 6.10. The predicted molar refractivity (Wildman–Crippen MR) is 86.1 cm³/mol. The van der Waals surface area contributed by atoms with Crippen molar-refractivity contribution >= 4 is 45.1 Å². The van der Waals surface area contributed by atoms with Gasteiger partial charge in [0, 0.05) is 36.3 Å². The lowest BCUT2D eigenvalue weighted by atomic mass is 10.1. The molecule has 0 N–H and O–H groups in total. The van der Waals surface area contributed by atoms with Crippen LogP contribution in [0.4, 0.5) is 13.2 Å². The van der Waals surface area contributed by atoms with Gasteiger partial charge in [0.25, 0.3) is 0 Å². The van der Waals surface area contributed by atoms with E-state index >= 15 is 0 Å². The van der Waals surface area contributed by atoms with Crippen molar-refractivity contribution in [2.75, 3.05) is 6.26 Å². The van der Waals surface area contributed by atoms with E-state index in [1.165, 1.54) is 6.20 Å². The molecule has 1 aromatic heterocycles. The predicted octanol–water partition coefficient (Wildman–Crippen LogP) is 3.77. The van der Waals surface area contributed by atoms with Crippen LogP contribution in [0, 0.1) is 6.92 Å². The number of aromatic nitrogens is 1. The van der Waals surface area contributed by atoms with Crippen LogP contribution >= 0.6 is 23.4 Å². The van der Waals surface area contributed by atoms with E-state index < -0.39 is 37.7 Å². The zero-order valence-electron chi connectivity index (χ0n) is 12.1. The van der Waals surface area contributed by atoms with Gasteiger partial charge in [0.1, 0.15) is 4.21 Å². The maximum atomic E-state index is 12.6. The maximum Gasteiger partial charge on any atom is 0.443 e. The molecule has 126 valence electrons. The highest BCUT2D eigenvalue weighted by molar-refractivity contribution is 8.03. The van der Waals surface area contributed by atoms with Crippen molar-refractivity contribution in [3.05, 3.63) is 34.5 Å². The van der Waals surface area contributed by atoms with Crippen molar-refractivity contribution in [1.82, 2.24) is 4.98 Å². The van der Waals surface area contributed by atoms with Crippen LogP contribution in [-0.2, 0) is 9.84 Å². The third-order valence-corrected chi connectivity index (χ3v) is 5.49. The van der Waals surface area contributed by atoms with Crippen molar-refractivity contribution in [2.24, 2.45) is 4.99 Å². The summed E-state index contributed by atoms with van der Waals surface area (Å²) < 4.78 is 59.8. The summed E-state index contributed by atoms with van der Waals surface area (Å²) in [7, 11) is -3.79. The normalized spacial score (nSPS) is 22.5. The van der Waals surface area contributed by atoms with Gasteiger partial charge < -0.3 is 0 Å². The first-order valence-corrected chi connectivity index (χ1v) is 9.35. The van der Waals surface area contributed by atoms with Gasteiger partial charge in [-0.15, -0.1) is 11.6 Å². The van der Waals surface area contributed by atoms with Crippen LogP contribution in [0.15, 0.2) is 28.2 Å². The Morgan fingerprint density at radius 2 is 2.00 bits per heavy atom. The largest absolute Gasteiger partial charge is 0.443 e. The standard InChI is InChI=1S/C13H12ClF3N2O2S2/c1-8-3-4-9(6-18-8)11-10(23(2,20)21)5-12(14,7-19-11)22-13(15,16)17/h3-4,6-7H,5H2,1-2H3. The topological polar surface area (TPSA) is 59.4 Å². The van der Waals surface area contributed by atoms with Gasteiger partial charge in [-0.3, -0.25) is 9.98 Å². The zero-order valence-corrected chi connectivity index (χ0v) is 14.4. The summed E-state index contributed by atoms with van der Waals surface area (Å²) in [6.45, 7) is 1.75. The van der Waals surface area contributed by atoms with E-state index in [1.54, 1.807) is 19.1 Å². The molecule has 2 heterocycles. The molecule has 0 saturated heterocycles. The number of hydrogen-bond acceptors (Lipinski definition) is 5. The molecule has 0 aliphatic carbocycles. The zero-order chi connectivity index (χ0) is 17.5. The van der Waals surface area contributed by atoms with E-state index in [1.807, 2.05) is 0 Å². The van der Waals surface area contributed by atoms with Gasteiger partial charge in [0.2, 0.25) is 0 Å². The molecule has 1 aromatic rings. The minimum absolute atomic E-state index is 0.0686. The van der Waals surface area contributed by atoms with E-state index in [9.17, 15) is 21.6 Å². The third kappa shape index (κ3) is 4.71. The first kappa shape index (κ1) is 18.3. The molecule has 1 aliphatic rings. The van der Waals surface area contributed by atoms with Crippen LogP contribution in [0.3, 0.4) is 0 Å². The minimum atomic E-state index is -4.61. The van der Waals surface area contributed by atoms with Crippen molar-refractivity contribution < 1.29 is 21.6 Å². The summed E-state index contributed by atoms with van der Waals surface area (Å²) >= 11 is 5.42. The number of sulfone groups is 1. The van der Waals surface area contributed by atoms with Crippen molar-refractivity contribution in [3.63, 3.8) is 0 Å². The first-order valence-electron chi connectivity index (χ1n) is 6.27. The Labute approximate surface area is 140 Å². The average Bonchev–Trinajstić information content (AvgIpc) is 2.36. The summed E-state index contributed by atoms with van der Waals surface area (Å²) in [5.41, 5.74) is -3.42. The Morgan fingerprint density at radius 3 is 2.48 bits per heavy atom. The van der Waals surface area contributed by atoms with E-state index in [4.69, 9.17) is 11.6 Å². The average molecular weight is 385 g/mol. The molecule has 0 spiro atoms. The fourth-order valence-corrected chi connectivity index (χ4v) is 4.32. The van der Waals surface area contributed by atoms with Gasteiger partial charge in [-0.1, -0.05) is 0 Å². The maximum absolute atomic E-state index is 12.6. The number of halogens is 4. The Bertz CT molecular complexity index is 773. The highest BCUT2D eigenvalue weighted by Gasteiger charge is 2.45. The molecule has 1 unspecified atom stereocenters. The number of pyridine rings is 1. The lowest BCUT2D eigenvalue weighted by Crippen LogP contribution is -2.29. The first-order chi connectivity index (χ1) is 10.4. The molecule has 0 amide bonds. The Morgan fingerprint density at radius 1 is 1.35 bits per heavy atom. The second-order valence-corrected chi connectivity index (χ2v) is 9.33. The highest BCUT2D eigenvalue weighted by atomic mass is 35.5. The van der Waals surface area contributed by atoms with E-state index in [-0.39, 0.29) is 10.6 Å². The van der Waals surface area contributed by atoms with E-state index in [2.05, 4.69) is 9.98 Å². The quantitative estimate of drug-likeness (QED) is 0.744. The van der Waals surface area contributed by atoms with Crippen molar-refractivity contribution in [3.8, 4) is 0 Å². The second-order valence-electron chi connectivity index (χ2n) is 5.00. The Hall–Kier alpha value is -1.06. The number of allylic oxidation sites excluding steroid dienone is 1. The van der Waals surface area contributed by atoms with Gasteiger partial charge in [-0.2, -0.15) is 13.2 Å². The van der Waals surface area contributed by atoms with Crippen molar-refractivity contribution in [1.29, 1.82) is 0 Å². The number of aryl methyl sites for hydroxylation is 1. The Balaban J connectivity index is 2.50. The van der Waals surface area contributed by atoms with Crippen LogP contribution in [0.2, 0.25) is 0 Å². The van der Waals surface area contributed by atoms with Gasteiger partial charge in [-0.25, -0.2) is 8.42 Å². The molecule has 0 saturated carbocycles. The van der Waals surface area contributed by atoms with Gasteiger partial charge in [0.15, 0.2) is 9.84 Å². The van der Waals surface area contributed by atoms with Gasteiger partial charge >= 0.3 is 5.51 Å². The van der Waals surface area contributed by atoms with Gasteiger partial charge in [-0.05, 0) is 30.8 Å². The number of hydrogen-bond donors (Lipinski definition) is 0. The van der Waals surface area contributed by atoms with E-state index in [0.717, 1.165) is 18.2 Å². The Kier molecular flexibility index (Phi) is 4.85. The monoisotopic (exact) mass is 384 g/mol. The smallest absolute Gasteiger partial charge is 0.261 e. The molecular formula is C13H12ClF3N2O2S2. The molecule has 1 aliphatic heterocycles. The summed E-state index contributed by atoms with van der Waals surface area (Å²) in [6, 6.07) is 3.27. The van der Waals surface area contributed by atoms with Crippen molar-refractivity contribution in [2.45, 2.75) is 23.1 Å². The van der Waals surface area contributed by atoms with Crippen LogP contribution in [-0.4, -0.2) is 35.6 Å². The summed E-state index contributed by atoms with van der Waals surface area (Å²) in [5, 5.41) is 0. The molecule has 10 heteroatoms. The van der Waals surface area contributed by atoms with Crippen LogP contribution in [0.1, 0.15) is 17.7 Å². The molecular weight excluding hydrogens is 373 g/mol. The summed E-state index contributed by atoms with van der Waals surface area (Å²) in [6.07, 6.45) is 2.76. The number of rotatable bonds is 3. The molecule has 4 nitrogen and oxygen atoms in total. The highest BCUT2D eigenvalue weighted by Crippen LogP contribution is 2.49. The summed E-state index contributed by atoms with van der Waals surface area (Å²) in [4.78, 5) is 7.70. The molecule has 0 aromatic carbocycles. The van der Waals surface area contributed by atoms with Crippen LogP contribution in [0.5, 0.6) is 0 Å². The lowest BCUT2D eigenvalue weighted by molar-refractivity contribution is -0.0332. The van der Waals surface area contributed by atoms with Crippen LogP contribution in [0.25, 0.3) is 5.70 Å². The fourth-order valence-electron chi connectivity index (χ4n) is 1.99. The number of aliphatic imine (C=N–C) groups is 1. The number of nitrogens with zero attached hydrogens (tertiary/aromatic N) is 2. The van der Waals surface area contributed by atoms with Crippen LogP contribution < -0.4 is 0 Å². The third-order valence-electron chi connectivity index (χ3n) is 2.97. The molecule has 23 heavy (non-hydrogen) atoms. The van der Waals surface area contributed by atoms with E-state index in [0.29, 0.717) is 5.56 Å². The number of thioether (sulfide) groups is 1.